The third-order valence-corrected chi connectivity index (χ3v) is 4.22. The van der Waals surface area contributed by atoms with E-state index in [1.165, 1.54) is 0 Å². The summed E-state index contributed by atoms with van der Waals surface area (Å²) in [6.45, 7) is 2.08. The molecule has 4 nitrogen and oxygen atoms in total. The van der Waals surface area contributed by atoms with Crippen molar-refractivity contribution in [1.29, 1.82) is 0 Å². The maximum Gasteiger partial charge on any atom is 0.306 e. The van der Waals surface area contributed by atoms with Crippen LogP contribution >= 0.6 is 0 Å². The normalized spacial score (nSPS) is 43.9. The quantitative estimate of drug-likeness (QED) is 0.748. The highest BCUT2D eigenvalue weighted by molar-refractivity contribution is 5.71. The van der Waals surface area contributed by atoms with E-state index in [0.29, 0.717) is 12.8 Å². The number of cyclic esters (lactones) is 1. The highest BCUT2D eigenvalue weighted by atomic mass is 16.6. The Kier molecular flexibility index (Phi) is 2.99. The SMILES string of the molecule is C[C@H]1[C@H]([C@H](O)[C@@H]2CCC(=O)O2)[C@H]2C=CC=C[C@H]1O2. The summed E-state index contributed by atoms with van der Waals surface area (Å²) in [6, 6.07) is 0. The first-order chi connectivity index (χ1) is 8.66. The fourth-order valence-electron chi connectivity index (χ4n) is 3.20. The summed E-state index contributed by atoms with van der Waals surface area (Å²) < 4.78 is 11.1. The van der Waals surface area contributed by atoms with Gasteiger partial charge in [0.05, 0.1) is 18.3 Å². The number of fused-ring (bicyclic) bond motifs is 2. The fraction of sp³-hybridized carbons (Fsp3) is 0.643. The van der Waals surface area contributed by atoms with E-state index in [2.05, 4.69) is 6.92 Å². The largest absolute Gasteiger partial charge is 0.460 e. The van der Waals surface area contributed by atoms with E-state index >= 15 is 0 Å². The Hall–Kier alpha value is -1.13. The van der Waals surface area contributed by atoms with Gasteiger partial charge in [0, 0.05) is 12.3 Å². The molecule has 0 aliphatic carbocycles. The molecule has 1 N–H and O–H groups in total. The lowest BCUT2D eigenvalue weighted by molar-refractivity contribution is -0.147. The van der Waals surface area contributed by atoms with Crippen molar-refractivity contribution in [3.63, 3.8) is 0 Å². The van der Waals surface area contributed by atoms with Gasteiger partial charge in [-0.25, -0.2) is 0 Å². The number of aliphatic hydroxyl groups excluding tert-OH is 1. The lowest BCUT2D eigenvalue weighted by Crippen LogP contribution is -2.40. The number of ether oxygens (including phenoxy) is 2. The molecular weight excluding hydrogens is 232 g/mol. The zero-order valence-corrected chi connectivity index (χ0v) is 10.4. The fourth-order valence-corrected chi connectivity index (χ4v) is 3.20. The summed E-state index contributed by atoms with van der Waals surface area (Å²) in [7, 11) is 0. The summed E-state index contributed by atoms with van der Waals surface area (Å²) in [4.78, 5) is 11.1. The minimum atomic E-state index is -0.641. The third-order valence-electron chi connectivity index (χ3n) is 4.22. The van der Waals surface area contributed by atoms with E-state index in [9.17, 15) is 9.90 Å². The number of aliphatic hydroxyl groups is 1. The lowest BCUT2D eigenvalue weighted by Gasteiger charge is -2.28. The van der Waals surface area contributed by atoms with Crippen LogP contribution in [0.15, 0.2) is 24.3 Å². The average molecular weight is 250 g/mol. The molecule has 3 heterocycles. The zero-order chi connectivity index (χ0) is 12.7. The molecule has 3 aliphatic rings. The van der Waals surface area contributed by atoms with Gasteiger partial charge in [-0.2, -0.15) is 0 Å². The second-order valence-corrected chi connectivity index (χ2v) is 5.33. The third kappa shape index (κ3) is 1.89. The Balaban J connectivity index is 1.77. The second kappa shape index (κ2) is 4.52. The Bertz CT molecular complexity index is 401. The van der Waals surface area contributed by atoms with E-state index in [0.717, 1.165) is 0 Å². The Morgan fingerprint density at radius 1 is 1.33 bits per heavy atom. The standard InChI is InChI=1S/C14H18O4/c1-8-9-4-2-3-5-10(17-9)13(8)14(16)11-6-7-12(15)18-11/h2-5,8-11,13-14,16H,6-7H2,1H3/t8-,9-,10-,11+,13+,14-/m1/s1. The first-order valence-electron chi connectivity index (χ1n) is 6.55. The van der Waals surface area contributed by atoms with Crippen LogP contribution in [0.2, 0.25) is 0 Å². The number of hydrogen-bond donors (Lipinski definition) is 1. The number of rotatable bonds is 2. The van der Waals surface area contributed by atoms with Gasteiger partial charge in [-0.1, -0.05) is 31.2 Å². The zero-order valence-electron chi connectivity index (χ0n) is 10.4. The minimum absolute atomic E-state index is 0.00731. The molecule has 0 spiro atoms. The molecule has 3 rings (SSSR count). The van der Waals surface area contributed by atoms with Gasteiger partial charge in [0.1, 0.15) is 6.10 Å². The molecule has 6 atom stereocenters. The number of esters is 1. The molecule has 3 aliphatic heterocycles. The van der Waals surface area contributed by atoms with Crippen molar-refractivity contribution in [3.8, 4) is 0 Å². The van der Waals surface area contributed by atoms with Crippen molar-refractivity contribution in [2.45, 2.75) is 44.2 Å². The number of allylic oxidation sites excluding steroid dienone is 2. The molecule has 4 heteroatoms. The van der Waals surface area contributed by atoms with Crippen LogP contribution in [0.4, 0.5) is 0 Å². The number of hydrogen-bond acceptors (Lipinski definition) is 4. The van der Waals surface area contributed by atoms with Crippen molar-refractivity contribution in [2.24, 2.45) is 11.8 Å². The van der Waals surface area contributed by atoms with Gasteiger partial charge in [-0.15, -0.1) is 0 Å². The van der Waals surface area contributed by atoms with Crippen molar-refractivity contribution in [1.82, 2.24) is 0 Å². The molecule has 2 bridgehead atoms. The van der Waals surface area contributed by atoms with Gasteiger partial charge in [-0.3, -0.25) is 4.79 Å². The molecule has 98 valence electrons. The summed E-state index contributed by atoms with van der Waals surface area (Å²) in [5.41, 5.74) is 0. The topological polar surface area (TPSA) is 55.8 Å². The van der Waals surface area contributed by atoms with E-state index in [-0.39, 0.29) is 36.1 Å². The number of carbonyl (C=O) groups is 1. The summed E-state index contributed by atoms with van der Waals surface area (Å²) in [5, 5.41) is 10.5. The summed E-state index contributed by atoms with van der Waals surface area (Å²) >= 11 is 0. The first-order valence-corrected chi connectivity index (χ1v) is 6.55. The van der Waals surface area contributed by atoms with Crippen LogP contribution in [-0.4, -0.2) is 35.5 Å². The van der Waals surface area contributed by atoms with Gasteiger partial charge in [0.25, 0.3) is 0 Å². The van der Waals surface area contributed by atoms with E-state index in [4.69, 9.17) is 9.47 Å². The van der Waals surface area contributed by atoms with Crippen LogP contribution in [0.3, 0.4) is 0 Å². The van der Waals surface area contributed by atoms with E-state index in [1.54, 1.807) is 0 Å². The van der Waals surface area contributed by atoms with Crippen LogP contribution in [0.25, 0.3) is 0 Å². The molecule has 0 unspecified atom stereocenters. The van der Waals surface area contributed by atoms with Gasteiger partial charge in [-0.05, 0) is 12.3 Å². The van der Waals surface area contributed by atoms with Crippen LogP contribution in [0, 0.1) is 11.8 Å². The summed E-state index contributed by atoms with van der Waals surface area (Å²) in [6.07, 6.45) is 7.91. The molecule has 2 saturated heterocycles. The smallest absolute Gasteiger partial charge is 0.306 e. The highest BCUT2D eigenvalue weighted by Gasteiger charge is 2.47. The molecular formula is C14H18O4. The number of carbonyl (C=O) groups excluding carboxylic acids is 1. The molecule has 2 fully saturated rings. The monoisotopic (exact) mass is 250 g/mol. The predicted octanol–water partition coefficient (Wildman–Crippen LogP) is 1.20. The molecule has 0 aromatic rings. The van der Waals surface area contributed by atoms with E-state index in [1.807, 2.05) is 24.3 Å². The van der Waals surface area contributed by atoms with Crippen LogP contribution in [-0.2, 0) is 14.3 Å². The van der Waals surface area contributed by atoms with Crippen molar-refractivity contribution in [2.75, 3.05) is 0 Å². The van der Waals surface area contributed by atoms with E-state index < -0.39 is 6.10 Å². The Morgan fingerprint density at radius 2 is 2.06 bits per heavy atom. The molecule has 0 radical (unpaired) electrons. The van der Waals surface area contributed by atoms with Crippen molar-refractivity contribution in [3.05, 3.63) is 24.3 Å². The Morgan fingerprint density at radius 3 is 2.72 bits per heavy atom. The van der Waals surface area contributed by atoms with Gasteiger partial charge < -0.3 is 14.6 Å². The maximum absolute atomic E-state index is 11.1. The Labute approximate surface area is 106 Å². The van der Waals surface area contributed by atoms with Gasteiger partial charge in [0.15, 0.2) is 0 Å². The highest BCUT2D eigenvalue weighted by Crippen LogP contribution is 2.40. The van der Waals surface area contributed by atoms with Gasteiger partial charge in [0.2, 0.25) is 0 Å². The molecule has 0 aromatic carbocycles. The minimum Gasteiger partial charge on any atom is -0.460 e. The molecule has 18 heavy (non-hydrogen) atoms. The second-order valence-electron chi connectivity index (χ2n) is 5.33. The molecule has 0 saturated carbocycles. The maximum atomic E-state index is 11.1. The predicted molar refractivity (Wildman–Crippen MR) is 64.7 cm³/mol. The first kappa shape index (κ1) is 11.9. The van der Waals surface area contributed by atoms with Crippen molar-refractivity contribution < 1.29 is 19.4 Å². The van der Waals surface area contributed by atoms with Crippen molar-refractivity contribution >= 4 is 5.97 Å². The lowest BCUT2D eigenvalue weighted by atomic mass is 9.80. The van der Waals surface area contributed by atoms with Crippen LogP contribution in [0.1, 0.15) is 19.8 Å². The van der Waals surface area contributed by atoms with Crippen LogP contribution < -0.4 is 0 Å². The average Bonchev–Trinajstić information content (AvgIpc) is 2.79. The van der Waals surface area contributed by atoms with Gasteiger partial charge >= 0.3 is 5.97 Å². The summed E-state index contributed by atoms with van der Waals surface area (Å²) in [5.74, 6) is 0.0128. The van der Waals surface area contributed by atoms with Crippen LogP contribution in [0.5, 0.6) is 0 Å². The molecule has 0 aromatic heterocycles. The molecule has 0 amide bonds.